The van der Waals surface area contributed by atoms with Crippen LogP contribution in [0.4, 0.5) is 28.4 Å². The van der Waals surface area contributed by atoms with Crippen molar-refractivity contribution >= 4 is 44.8 Å². The van der Waals surface area contributed by atoms with Gasteiger partial charge >= 0.3 is 0 Å². The van der Waals surface area contributed by atoms with Gasteiger partial charge in [-0.3, -0.25) is 0 Å². The van der Waals surface area contributed by atoms with Crippen LogP contribution < -0.4 is 9.80 Å². The molecule has 0 spiro atoms. The molecular weight excluding hydrogens is 797 g/mol. The van der Waals surface area contributed by atoms with Crippen molar-refractivity contribution in [2.75, 3.05) is 9.80 Å². The van der Waals surface area contributed by atoms with Crippen molar-refractivity contribution in [3.63, 3.8) is 0 Å². The summed E-state index contributed by atoms with van der Waals surface area (Å²) in [6, 6.07) is 47.4. The fourth-order valence-electron chi connectivity index (χ4n) is 15.3. The number of rotatable bonds is 0. The summed E-state index contributed by atoms with van der Waals surface area (Å²) in [5.41, 5.74) is 29.2. The van der Waals surface area contributed by atoms with Crippen LogP contribution in [0.15, 0.2) is 139 Å². The molecule has 0 saturated heterocycles. The van der Waals surface area contributed by atoms with Crippen LogP contribution >= 0.6 is 0 Å². The van der Waals surface area contributed by atoms with E-state index in [4.69, 9.17) is 0 Å². The average molecular weight is 857 g/mol. The molecule has 4 heterocycles. The van der Waals surface area contributed by atoms with Crippen molar-refractivity contribution in [3.8, 4) is 11.1 Å². The molecule has 1 atom stereocenters. The van der Waals surface area contributed by atoms with Crippen LogP contribution in [0.25, 0.3) is 27.5 Å². The van der Waals surface area contributed by atoms with Gasteiger partial charge in [0.25, 0.3) is 0 Å². The highest BCUT2D eigenvalue weighted by atomic mass is 15.2. The standard InChI is InChI=1S/C64H60N2/c1-59(2)39-23-15-17-29-49(39)65-51-33-45-37(31-47(51)61(5,6)43-27-19-25-41(59)57(43)65)53-35-21-13-14-22-36(35)54-38-32-48-52(34-46(38)64(11,12)56(54)55(53)63(45,9)10)66-50-30-18-16-24-40(50)60(3,4)42-26-20-28-44(58(42)66)62(48,7)8/h13-33,46H,34H2,1-12H3. The smallest absolute Gasteiger partial charge is 0.0543 e. The largest absolute Gasteiger partial charge is 0.313 e. The molecule has 0 amide bonds. The van der Waals surface area contributed by atoms with Crippen molar-refractivity contribution in [1.29, 1.82) is 0 Å². The summed E-state index contributed by atoms with van der Waals surface area (Å²) in [4.78, 5) is 5.37. The van der Waals surface area contributed by atoms with Gasteiger partial charge in [-0.15, -0.1) is 0 Å². The molecule has 0 saturated carbocycles. The highest BCUT2D eigenvalue weighted by Gasteiger charge is 2.56. The molecule has 0 radical (unpaired) electrons. The molecular formula is C64H60N2. The van der Waals surface area contributed by atoms with Crippen LogP contribution in [0.5, 0.6) is 0 Å². The first-order chi connectivity index (χ1) is 31.3. The molecule has 14 rings (SSSR count). The zero-order chi connectivity index (χ0) is 45.6. The van der Waals surface area contributed by atoms with Crippen molar-refractivity contribution < 1.29 is 0 Å². The molecule has 3 aliphatic carbocycles. The molecule has 4 aliphatic heterocycles. The maximum absolute atomic E-state index is 2.72. The summed E-state index contributed by atoms with van der Waals surface area (Å²) in [6.07, 6.45) is 3.70. The minimum Gasteiger partial charge on any atom is -0.313 e. The molecule has 2 nitrogen and oxygen atoms in total. The lowest BCUT2D eigenvalue weighted by molar-refractivity contribution is 0.394. The van der Waals surface area contributed by atoms with E-state index >= 15 is 0 Å². The van der Waals surface area contributed by atoms with E-state index in [1.165, 1.54) is 123 Å². The first kappa shape index (κ1) is 39.1. The molecule has 66 heavy (non-hydrogen) atoms. The molecule has 7 aliphatic rings. The third-order valence-corrected chi connectivity index (χ3v) is 18.8. The van der Waals surface area contributed by atoms with Crippen LogP contribution in [-0.2, 0) is 32.5 Å². The molecule has 0 bridgehead atoms. The third-order valence-electron chi connectivity index (χ3n) is 18.8. The SMILES string of the molecule is CC1(C)C2=C(CC3C(=C2)c2c(c4c(c5ccccc25)-c2cc5c(cc2C4(C)C)N2c4ccccc4C(C)(C)c4cccc(c42)C5(C)C)C3(C)C)N2c3ccccc3C(C)(C)c3cccc1c32. The van der Waals surface area contributed by atoms with E-state index in [-0.39, 0.29) is 32.5 Å². The first-order valence-electron chi connectivity index (χ1n) is 24.6. The zero-order valence-corrected chi connectivity index (χ0v) is 40.8. The van der Waals surface area contributed by atoms with E-state index in [0.717, 1.165) is 6.42 Å². The van der Waals surface area contributed by atoms with E-state index in [1.807, 2.05) is 0 Å². The van der Waals surface area contributed by atoms with Gasteiger partial charge in [-0.2, -0.15) is 0 Å². The Hall–Kier alpha value is -6.12. The monoisotopic (exact) mass is 856 g/mol. The van der Waals surface area contributed by atoms with Crippen LogP contribution in [-0.4, -0.2) is 0 Å². The highest BCUT2D eigenvalue weighted by molar-refractivity contribution is 6.12. The fraction of sp³-hybridized carbons (Fsp3) is 0.312. The van der Waals surface area contributed by atoms with Crippen molar-refractivity contribution in [2.45, 2.75) is 122 Å². The summed E-state index contributed by atoms with van der Waals surface area (Å²) >= 11 is 0. The molecule has 326 valence electrons. The maximum atomic E-state index is 2.72. The van der Waals surface area contributed by atoms with E-state index in [0.29, 0.717) is 5.92 Å². The number of hydrogen-bond donors (Lipinski definition) is 0. The Kier molecular flexibility index (Phi) is 6.92. The fourth-order valence-corrected chi connectivity index (χ4v) is 15.3. The normalized spacial score (nSPS) is 22.1. The lowest BCUT2D eigenvalue weighted by Gasteiger charge is -2.52. The second kappa shape index (κ2) is 11.7. The van der Waals surface area contributed by atoms with Crippen LogP contribution in [0.2, 0.25) is 0 Å². The Bertz CT molecular complexity index is 3520. The number of hydrogen-bond acceptors (Lipinski definition) is 2. The van der Waals surface area contributed by atoms with Gasteiger partial charge in [0.15, 0.2) is 0 Å². The summed E-state index contributed by atoms with van der Waals surface area (Å²) in [6.45, 7) is 29.9. The topological polar surface area (TPSA) is 6.48 Å². The molecule has 0 N–H and O–H groups in total. The van der Waals surface area contributed by atoms with Gasteiger partial charge in [0.2, 0.25) is 0 Å². The lowest BCUT2D eigenvalue weighted by atomic mass is 9.62. The second-order valence-electron chi connectivity index (χ2n) is 24.1. The van der Waals surface area contributed by atoms with E-state index < -0.39 is 0 Å². The zero-order valence-electron chi connectivity index (χ0n) is 40.8. The minimum absolute atomic E-state index is 0.0986. The molecule has 7 aromatic carbocycles. The highest BCUT2D eigenvalue weighted by Crippen LogP contribution is 2.69. The van der Waals surface area contributed by atoms with E-state index in [2.05, 4.69) is 220 Å². The molecule has 7 aromatic rings. The Balaban J connectivity index is 1.02. The van der Waals surface area contributed by atoms with Gasteiger partial charge in [0.1, 0.15) is 0 Å². The molecule has 0 fully saturated rings. The molecule has 0 aromatic heterocycles. The number of anilines is 5. The van der Waals surface area contributed by atoms with E-state index in [9.17, 15) is 0 Å². The van der Waals surface area contributed by atoms with Gasteiger partial charge in [-0.25, -0.2) is 0 Å². The van der Waals surface area contributed by atoms with E-state index in [1.54, 1.807) is 5.56 Å². The summed E-state index contributed by atoms with van der Waals surface area (Å²) in [5, 5.41) is 2.79. The number of allylic oxidation sites excluding steroid dienone is 4. The van der Waals surface area contributed by atoms with Gasteiger partial charge < -0.3 is 9.80 Å². The van der Waals surface area contributed by atoms with Crippen LogP contribution in [0, 0.1) is 5.92 Å². The maximum Gasteiger partial charge on any atom is 0.0543 e. The average Bonchev–Trinajstić information content (AvgIpc) is 3.66. The minimum atomic E-state index is -0.244. The van der Waals surface area contributed by atoms with Gasteiger partial charge in [-0.05, 0) is 136 Å². The third kappa shape index (κ3) is 4.21. The molecule has 1 unspecified atom stereocenters. The second-order valence-corrected chi connectivity index (χ2v) is 24.1. The Morgan fingerprint density at radius 3 is 1.50 bits per heavy atom. The quantitative estimate of drug-likeness (QED) is 0.150. The number of para-hydroxylation sites is 4. The van der Waals surface area contributed by atoms with Crippen molar-refractivity contribution in [1.82, 2.24) is 0 Å². The predicted octanol–water partition coefficient (Wildman–Crippen LogP) is 16.6. The Morgan fingerprint density at radius 2 is 0.894 bits per heavy atom. The number of nitrogens with zero attached hydrogens (tertiary/aromatic N) is 2. The van der Waals surface area contributed by atoms with Crippen LogP contribution in [0.1, 0.15) is 151 Å². The first-order valence-corrected chi connectivity index (χ1v) is 24.6. The van der Waals surface area contributed by atoms with Gasteiger partial charge in [0, 0.05) is 38.5 Å². The van der Waals surface area contributed by atoms with Gasteiger partial charge in [0.05, 0.1) is 22.7 Å². The van der Waals surface area contributed by atoms with Gasteiger partial charge in [-0.1, -0.05) is 186 Å². The summed E-state index contributed by atoms with van der Waals surface area (Å²) in [7, 11) is 0. The predicted molar refractivity (Wildman–Crippen MR) is 277 cm³/mol. The summed E-state index contributed by atoms with van der Waals surface area (Å²) in [5.74, 6) is 0.320. The van der Waals surface area contributed by atoms with Crippen LogP contribution in [0.3, 0.4) is 0 Å². The number of fused-ring (bicyclic) bond motifs is 17. The van der Waals surface area contributed by atoms with Crippen molar-refractivity contribution in [3.05, 3.63) is 200 Å². The molecule has 2 heteroatoms. The van der Waals surface area contributed by atoms with Crippen molar-refractivity contribution in [2.24, 2.45) is 5.92 Å². The Morgan fingerprint density at radius 1 is 0.409 bits per heavy atom. The summed E-state index contributed by atoms with van der Waals surface area (Å²) < 4.78 is 0. The number of benzene rings is 7. The lowest BCUT2D eigenvalue weighted by Crippen LogP contribution is -2.42. The Labute approximate surface area is 391 Å².